The maximum Gasteiger partial charge on any atom is 0.226 e. The first-order chi connectivity index (χ1) is 14.1. The van der Waals surface area contributed by atoms with Crippen molar-refractivity contribution in [3.8, 4) is 0 Å². The highest BCUT2D eigenvalue weighted by Crippen LogP contribution is 2.38. The fourth-order valence-corrected chi connectivity index (χ4v) is 5.07. The quantitative estimate of drug-likeness (QED) is 0.685. The van der Waals surface area contributed by atoms with Gasteiger partial charge in [-0.1, -0.05) is 19.9 Å². The Hall–Kier alpha value is -2.45. The van der Waals surface area contributed by atoms with Crippen LogP contribution in [0.5, 0.6) is 0 Å². The molecule has 3 heterocycles. The summed E-state index contributed by atoms with van der Waals surface area (Å²) in [6, 6.07) is 7.54. The van der Waals surface area contributed by atoms with Crippen molar-refractivity contribution in [1.29, 1.82) is 0 Å². The number of benzene rings is 1. The molecule has 0 aliphatic carbocycles. The van der Waals surface area contributed by atoms with Gasteiger partial charge in [0.2, 0.25) is 5.95 Å². The van der Waals surface area contributed by atoms with Crippen molar-refractivity contribution >= 4 is 26.7 Å². The summed E-state index contributed by atoms with van der Waals surface area (Å²) < 4.78 is 26.3. The fraction of sp³-hybridized carbons (Fsp3) is 0.455. The van der Waals surface area contributed by atoms with Crippen LogP contribution in [0.25, 0.3) is 10.9 Å². The van der Waals surface area contributed by atoms with Crippen LogP contribution < -0.4 is 4.90 Å². The molecule has 8 heteroatoms. The fourth-order valence-electron chi connectivity index (χ4n) is 4.43. The van der Waals surface area contributed by atoms with Gasteiger partial charge in [-0.05, 0) is 38.0 Å². The Morgan fingerprint density at radius 2 is 1.90 bits per heavy atom. The molecule has 0 fully saturated rings. The normalized spacial score (nSPS) is 18.1. The molecule has 0 unspecified atom stereocenters. The number of hydrogen-bond donors (Lipinski definition) is 1. The van der Waals surface area contributed by atoms with Gasteiger partial charge in [-0.3, -0.25) is 0 Å². The first-order valence-corrected chi connectivity index (χ1v) is 12.1. The Bertz CT molecular complexity index is 1210. The van der Waals surface area contributed by atoms with Crippen LogP contribution >= 0.6 is 0 Å². The molecule has 2 atom stereocenters. The average molecular weight is 429 g/mol. The zero-order chi connectivity index (χ0) is 21.8. The number of aromatic nitrogens is 3. The number of rotatable bonds is 4. The van der Waals surface area contributed by atoms with E-state index in [1.54, 1.807) is 25.3 Å². The third kappa shape index (κ3) is 3.48. The molecular formula is C22H28N4O3S. The van der Waals surface area contributed by atoms with Crippen molar-refractivity contribution < 1.29 is 13.5 Å². The Morgan fingerprint density at radius 1 is 1.17 bits per heavy atom. The summed E-state index contributed by atoms with van der Waals surface area (Å²) in [6.07, 6.45) is 2.35. The van der Waals surface area contributed by atoms with Gasteiger partial charge in [0.05, 0.1) is 17.0 Å². The molecule has 0 saturated carbocycles. The van der Waals surface area contributed by atoms with E-state index in [1.807, 2.05) is 13.0 Å². The largest absolute Gasteiger partial charge is 0.389 e. The topological polar surface area (TPSA) is 88.3 Å². The van der Waals surface area contributed by atoms with Crippen LogP contribution in [0.4, 0.5) is 5.95 Å². The van der Waals surface area contributed by atoms with E-state index < -0.39 is 15.9 Å². The Morgan fingerprint density at radius 3 is 2.50 bits per heavy atom. The Balaban J connectivity index is 1.82. The van der Waals surface area contributed by atoms with Crippen LogP contribution in [0, 0.1) is 12.8 Å². The van der Waals surface area contributed by atoms with E-state index in [4.69, 9.17) is 4.98 Å². The Labute approximate surface area is 177 Å². The molecular weight excluding hydrogens is 400 g/mol. The second-order valence-corrected chi connectivity index (χ2v) is 10.5. The van der Waals surface area contributed by atoms with Crippen molar-refractivity contribution in [2.45, 2.75) is 51.3 Å². The van der Waals surface area contributed by atoms with Crippen molar-refractivity contribution in [1.82, 2.24) is 14.5 Å². The minimum absolute atomic E-state index is 0.0598. The lowest BCUT2D eigenvalue weighted by Crippen LogP contribution is -2.41. The van der Waals surface area contributed by atoms with E-state index in [9.17, 15) is 13.5 Å². The summed E-state index contributed by atoms with van der Waals surface area (Å²) in [7, 11) is -3.26. The van der Waals surface area contributed by atoms with E-state index in [2.05, 4.69) is 34.4 Å². The van der Waals surface area contributed by atoms with Gasteiger partial charge in [-0.2, -0.15) is 0 Å². The molecule has 2 aromatic heterocycles. The van der Waals surface area contributed by atoms with E-state index in [0.29, 0.717) is 16.8 Å². The minimum Gasteiger partial charge on any atom is -0.389 e. The van der Waals surface area contributed by atoms with E-state index in [1.165, 1.54) is 6.26 Å². The van der Waals surface area contributed by atoms with Gasteiger partial charge in [-0.25, -0.2) is 18.4 Å². The highest BCUT2D eigenvalue weighted by Gasteiger charge is 2.33. The van der Waals surface area contributed by atoms with E-state index >= 15 is 0 Å². The highest BCUT2D eigenvalue weighted by molar-refractivity contribution is 7.90. The van der Waals surface area contributed by atoms with Gasteiger partial charge in [0, 0.05) is 53.4 Å². The van der Waals surface area contributed by atoms with Crippen LogP contribution in [-0.2, 0) is 16.4 Å². The maximum absolute atomic E-state index is 12.0. The van der Waals surface area contributed by atoms with Crippen LogP contribution in [-0.4, -0.2) is 40.9 Å². The molecule has 0 saturated heterocycles. The number of aliphatic hydroxyl groups is 1. The summed E-state index contributed by atoms with van der Waals surface area (Å²) in [5.74, 6) is 0.951. The monoisotopic (exact) mass is 428 g/mol. The zero-order valence-corrected chi connectivity index (χ0v) is 18.8. The zero-order valence-electron chi connectivity index (χ0n) is 18.0. The van der Waals surface area contributed by atoms with Crippen molar-refractivity contribution in [2.75, 3.05) is 17.7 Å². The first kappa shape index (κ1) is 20.8. The van der Waals surface area contributed by atoms with Gasteiger partial charge >= 0.3 is 0 Å². The van der Waals surface area contributed by atoms with E-state index in [-0.39, 0.29) is 6.04 Å². The molecule has 0 spiro atoms. The molecule has 1 aliphatic rings. The number of anilines is 1. The molecule has 160 valence electrons. The third-order valence-electron chi connectivity index (χ3n) is 5.88. The van der Waals surface area contributed by atoms with Gasteiger partial charge < -0.3 is 14.6 Å². The molecule has 0 amide bonds. The first-order valence-electron chi connectivity index (χ1n) is 10.2. The van der Waals surface area contributed by atoms with Gasteiger partial charge in [0.15, 0.2) is 9.84 Å². The molecule has 1 aliphatic heterocycles. The van der Waals surface area contributed by atoms with Crippen molar-refractivity contribution in [3.05, 3.63) is 47.4 Å². The molecule has 7 nitrogen and oxygen atoms in total. The third-order valence-corrected chi connectivity index (χ3v) is 6.99. The number of sulfone groups is 1. The van der Waals surface area contributed by atoms with Crippen LogP contribution in [0.1, 0.15) is 49.9 Å². The summed E-state index contributed by atoms with van der Waals surface area (Å²) in [5, 5.41) is 10.9. The average Bonchev–Trinajstić information content (AvgIpc) is 3.03. The van der Waals surface area contributed by atoms with Crippen molar-refractivity contribution in [3.63, 3.8) is 0 Å². The predicted molar refractivity (Wildman–Crippen MR) is 117 cm³/mol. The van der Waals surface area contributed by atoms with Crippen LogP contribution in [0.15, 0.2) is 35.4 Å². The SMILES string of the molecule is Cc1nc(N2CCn3c(cc4ccc(S(C)(=O)=O)cc43)[C@@H]2C(C)C)ncc1[C@@H](C)O. The number of fused-ring (bicyclic) bond motifs is 3. The lowest BCUT2D eigenvalue weighted by atomic mass is 9.97. The molecule has 0 radical (unpaired) electrons. The lowest BCUT2D eigenvalue weighted by Gasteiger charge is -2.39. The smallest absolute Gasteiger partial charge is 0.226 e. The standard InChI is InChI=1S/C22H28N4O3S/c1-13(2)21-20-10-16-6-7-17(30(5,28)29)11-19(16)25(20)8-9-26(21)22-23-12-18(15(4)27)14(3)24-22/h6-7,10-13,15,21,27H,8-9H2,1-5H3/t15-,21+/m1/s1. The lowest BCUT2D eigenvalue weighted by molar-refractivity contribution is 0.197. The molecule has 0 bridgehead atoms. The van der Waals surface area contributed by atoms with Gasteiger partial charge in [0.25, 0.3) is 0 Å². The van der Waals surface area contributed by atoms with Crippen LogP contribution in [0.2, 0.25) is 0 Å². The molecule has 3 aromatic rings. The summed E-state index contributed by atoms with van der Waals surface area (Å²) in [5.41, 5.74) is 3.60. The second-order valence-electron chi connectivity index (χ2n) is 8.48. The molecule has 1 N–H and O–H groups in total. The predicted octanol–water partition coefficient (Wildman–Crippen LogP) is 3.41. The Kier molecular flexibility index (Phi) is 5.10. The summed E-state index contributed by atoms with van der Waals surface area (Å²) >= 11 is 0. The molecule has 1 aromatic carbocycles. The van der Waals surface area contributed by atoms with Gasteiger partial charge in [-0.15, -0.1) is 0 Å². The van der Waals surface area contributed by atoms with Crippen molar-refractivity contribution in [2.24, 2.45) is 5.92 Å². The minimum atomic E-state index is -3.26. The summed E-state index contributed by atoms with van der Waals surface area (Å²) in [4.78, 5) is 11.8. The number of aliphatic hydroxyl groups excluding tert-OH is 1. The summed E-state index contributed by atoms with van der Waals surface area (Å²) in [6.45, 7) is 9.39. The molecule has 30 heavy (non-hydrogen) atoms. The second kappa shape index (κ2) is 7.35. The number of hydrogen-bond acceptors (Lipinski definition) is 6. The maximum atomic E-state index is 12.0. The number of nitrogens with zero attached hydrogens (tertiary/aromatic N) is 4. The van der Waals surface area contributed by atoms with Crippen LogP contribution in [0.3, 0.4) is 0 Å². The van der Waals surface area contributed by atoms with Gasteiger partial charge in [0.1, 0.15) is 0 Å². The highest BCUT2D eigenvalue weighted by atomic mass is 32.2. The molecule has 4 rings (SSSR count). The number of aryl methyl sites for hydroxylation is 1. The van der Waals surface area contributed by atoms with E-state index in [0.717, 1.165) is 40.9 Å².